The maximum absolute atomic E-state index is 5.48. The molecule has 1 aromatic carbocycles. The first-order valence-electron chi connectivity index (χ1n) is 4.58. The fourth-order valence-corrected chi connectivity index (χ4v) is 2.05. The molecule has 0 N–H and O–H groups in total. The fourth-order valence-electron chi connectivity index (χ4n) is 1.23. The summed E-state index contributed by atoms with van der Waals surface area (Å²) in [6.45, 7) is 1.97. The highest BCUT2D eigenvalue weighted by Gasteiger charge is 1.99. The molecule has 0 saturated carbocycles. The van der Waals surface area contributed by atoms with E-state index in [0.29, 0.717) is 0 Å². The number of thioether (sulfide) groups is 1. The summed E-state index contributed by atoms with van der Waals surface area (Å²) in [5.74, 6) is 2.92. The molecule has 1 heterocycles. The third-order valence-electron chi connectivity index (χ3n) is 1.92. The third-order valence-corrected chi connectivity index (χ3v) is 2.95. The van der Waals surface area contributed by atoms with Gasteiger partial charge >= 0.3 is 0 Å². The first-order chi connectivity index (χ1) is 6.84. The lowest BCUT2D eigenvalue weighted by Gasteiger charge is -1.97. The molecular formula is C12H12OS. The maximum atomic E-state index is 5.48. The molecule has 0 aliphatic rings. The number of furan rings is 1. The Morgan fingerprint density at radius 1 is 1.07 bits per heavy atom. The van der Waals surface area contributed by atoms with Crippen LogP contribution in [0.5, 0.6) is 0 Å². The number of hydrogen-bond acceptors (Lipinski definition) is 2. The summed E-state index contributed by atoms with van der Waals surface area (Å²) in [5, 5.41) is 0. The Kier molecular flexibility index (Phi) is 2.94. The van der Waals surface area contributed by atoms with Crippen molar-refractivity contribution in [1.29, 1.82) is 0 Å². The molecule has 0 amide bonds. The molecule has 0 fully saturated rings. The van der Waals surface area contributed by atoms with Gasteiger partial charge in [0.1, 0.15) is 11.5 Å². The zero-order valence-corrected chi connectivity index (χ0v) is 8.88. The first kappa shape index (κ1) is 9.41. The zero-order valence-electron chi connectivity index (χ0n) is 8.07. The van der Waals surface area contributed by atoms with Gasteiger partial charge in [-0.25, -0.2) is 0 Å². The van der Waals surface area contributed by atoms with Crippen LogP contribution in [-0.4, -0.2) is 0 Å². The Morgan fingerprint density at radius 3 is 2.50 bits per heavy atom. The Hall–Kier alpha value is -1.15. The topological polar surface area (TPSA) is 13.1 Å². The predicted molar refractivity (Wildman–Crippen MR) is 59.4 cm³/mol. The first-order valence-corrected chi connectivity index (χ1v) is 5.56. The maximum Gasteiger partial charge on any atom is 0.114 e. The largest absolute Gasteiger partial charge is 0.465 e. The van der Waals surface area contributed by atoms with E-state index in [2.05, 4.69) is 24.3 Å². The van der Waals surface area contributed by atoms with E-state index < -0.39 is 0 Å². The van der Waals surface area contributed by atoms with Crippen molar-refractivity contribution < 1.29 is 4.42 Å². The van der Waals surface area contributed by atoms with Gasteiger partial charge in [-0.15, -0.1) is 11.8 Å². The summed E-state index contributed by atoms with van der Waals surface area (Å²) in [7, 11) is 0. The molecule has 2 aromatic rings. The average Bonchev–Trinajstić information content (AvgIpc) is 2.63. The monoisotopic (exact) mass is 204 g/mol. The minimum atomic E-state index is 0.901. The minimum absolute atomic E-state index is 0.901. The highest BCUT2D eigenvalue weighted by Crippen LogP contribution is 2.22. The molecule has 0 saturated heterocycles. The van der Waals surface area contributed by atoms with E-state index in [-0.39, 0.29) is 0 Å². The molecule has 0 aliphatic carbocycles. The van der Waals surface area contributed by atoms with Gasteiger partial charge in [0.15, 0.2) is 0 Å². The summed E-state index contributed by atoms with van der Waals surface area (Å²) in [5.41, 5.74) is 0. The Bertz CT molecular complexity index is 392. The van der Waals surface area contributed by atoms with Crippen LogP contribution in [0.25, 0.3) is 0 Å². The number of hydrogen-bond donors (Lipinski definition) is 0. The van der Waals surface area contributed by atoms with Crippen LogP contribution in [0.15, 0.2) is 51.8 Å². The standard InChI is InChI=1S/C12H12OS/c1-10-7-8-11(13-10)9-14-12-5-3-2-4-6-12/h2-8H,9H2,1H3. The van der Waals surface area contributed by atoms with Crippen molar-refractivity contribution in [3.05, 3.63) is 54.0 Å². The number of aryl methyl sites for hydroxylation is 1. The Balaban J connectivity index is 1.95. The van der Waals surface area contributed by atoms with Crippen molar-refractivity contribution in [2.24, 2.45) is 0 Å². The van der Waals surface area contributed by atoms with Crippen LogP contribution < -0.4 is 0 Å². The van der Waals surface area contributed by atoms with Crippen LogP contribution >= 0.6 is 11.8 Å². The van der Waals surface area contributed by atoms with Crippen LogP contribution in [0, 0.1) is 6.92 Å². The van der Waals surface area contributed by atoms with E-state index in [1.54, 1.807) is 11.8 Å². The molecule has 0 unspecified atom stereocenters. The molecule has 0 atom stereocenters. The molecule has 2 rings (SSSR count). The van der Waals surface area contributed by atoms with Crippen molar-refractivity contribution in [3.8, 4) is 0 Å². The molecule has 72 valence electrons. The quantitative estimate of drug-likeness (QED) is 0.704. The van der Waals surface area contributed by atoms with Crippen LogP contribution in [-0.2, 0) is 5.75 Å². The number of benzene rings is 1. The van der Waals surface area contributed by atoms with Crippen LogP contribution in [0.2, 0.25) is 0 Å². The van der Waals surface area contributed by atoms with Gasteiger partial charge in [-0.1, -0.05) is 18.2 Å². The summed E-state index contributed by atoms with van der Waals surface area (Å²) in [6.07, 6.45) is 0. The average molecular weight is 204 g/mol. The van der Waals surface area contributed by atoms with Gasteiger partial charge in [-0.05, 0) is 31.2 Å². The van der Waals surface area contributed by atoms with Crippen molar-refractivity contribution in [1.82, 2.24) is 0 Å². The van der Waals surface area contributed by atoms with Crippen molar-refractivity contribution in [3.63, 3.8) is 0 Å². The molecule has 0 radical (unpaired) electrons. The molecule has 14 heavy (non-hydrogen) atoms. The van der Waals surface area contributed by atoms with Crippen LogP contribution in [0.4, 0.5) is 0 Å². The van der Waals surface area contributed by atoms with Crippen molar-refractivity contribution in [2.45, 2.75) is 17.6 Å². The number of rotatable bonds is 3. The molecule has 1 aromatic heterocycles. The fraction of sp³-hybridized carbons (Fsp3) is 0.167. The van der Waals surface area contributed by atoms with Gasteiger partial charge in [0.05, 0.1) is 5.75 Å². The smallest absolute Gasteiger partial charge is 0.114 e. The van der Waals surface area contributed by atoms with E-state index in [9.17, 15) is 0 Å². The lowest BCUT2D eigenvalue weighted by Crippen LogP contribution is -1.75. The van der Waals surface area contributed by atoms with E-state index in [0.717, 1.165) is 17.3 Å². The van der Waals surface area contributed by atoms with E-state index >= 15 is 0 Å². The second kappa shape index (κ2) is 4.38. The van der Waals surface area contributed by atoms with Gasteiger partial charge in [-0.3, -0.25) is 0 Å². The molecule has 0 bridgehead atoms. The molecule has 0 aliphatic heterocycles. The summed E-state index contributed by atoms with van der Waals surface area (Å²) in [4.78, 5) is 1.28. The highest BCUT2D eigenvalue weighted by atomic mass is 32.2. The van der Waals surface area contributed by atoms with Gasteiger partial charge in [0, 0.05) is 4.90 Å². The lowest BCUT2D eigenvalue weighted by molar-refractivity contribution is 0.501. The highest BCUT2D eigenvalue weighted by molar-refractivity contribution is 7.98. The predicted octanol–water partition coefficient (Wildman–Crippen LogP) is 3.88. The second-order valence-corrected chi connectivity index (χ2v) is 4.16. The molecule has 0 spiro atoms. The van der Waals surface area contributed by atoms with E-state index in [4.69, 9.17) is 4.42 Å². The molecule has 1 nitrogen and oxygen atoms in total. The van der Waals surface area contributed by atoms with E-state index in [1.165, 1.54) is 4.90 Å². The molecule has 2 heteroatoms. The van der Waals surface area contributed by atoms with Crippen LogP contribution in [0.1, 0.15) is 11.5 Å². The summed E-state index contributed by atoms with van der Waals surface area (Å²) in [6, 6.07) is 14.4. The summed E-state index contributed by atoms with van der Waals surface area (Å²) < 4.78 is 5.48. The normalized spacial score (nSPS) is 10.4. The van der Waals surface area contributed by atoms with Gasteiger partial charge in [-0.2, -0.15) is 0 Å². The van der Waals surface area contributed by atoms with E-state index in [1.807, 2.05) is 25.1 Å². The SMILES string of the molecule is Cc1ccc(CSc2ccccc2)o1. The third kappa shape index (κ3) is 2.42. The van der Waals surface area contributed by atoms with Gasteiger partial charge in [0.2, 0.25) is 0 Å². The van der Waals surface area contributed by atoms with Gasteiger partial charge < -0.3 is 4.42 Å². The van der Waals surface area contributed by atoms with Crippen molar-refractivity contribution in [2.75, 3.05) is 0 Å². The minimum Gasteiger partial charge on any atom is -0.465 e. The Labute approximate surface area is 88.1 Å². The summed E-state index contributed by atoms with van der Waals surface area (Å²) >= 11 is 1.79. The zero-order chi connectivity index (χ0) is 9.80. The lowest BCUT2D eigenvalue weighted by atomic mass is 10.4. The second-order valence-electron chi connectivity index (χ2n) is 3.11. The Morgan fingerprint density at radius 2 is 1.86 bits per heavy atom. The van der Waals surface area contributed by atoms with Crippen molar-refractivity contribution >= 4 is 11.8 Å². The van der Waals surface area contributed by atoms with Gasteiger partial charge in [0.25, 0.3) is 0 Å². The molecular weight excluding hydrogens is 192 g/mol. The van der Waals surface area contributed by atoms with Crippen LogP contribution in [0.3, 0.4) is 0 Å².